The Kier molecular flexibility index (Phi) is 4.32. The van der Waals surface area contributed by atoms with Crippen LogP contribution in [-0.4, -0.2) is 41.2 Å². The highest BCUT2D eigenvalue weighted by atomic mass is 16.3. The predicted molar refractivity (Wildman–Crippen MR) is 102 cm³/mol. The van der Waals surface area contributed by atoms with Crippen LogP contribution in [0.1, 0.15) is 24.0 Å². The van der Waals surface area contributed by atoms with Gasteiger partial charge in [0.25, 0.3) is 11.5 Å². The van der Waals surface area contributed by atoms with Gasteiger partial charge in [-0.05, 0) is 30.3 Å². The molecule has 11 nitrogen and oxygen atoms in total. The average Bonchev–Trinajstić information content (AvgIpc) is 3.56. The normalized spacial score (nSPS) is 16.1. The van der Waals surface area contributed by atoms with Crippen LogP contribution in [0, 0.1) is 0 Å². The molecule has 0 spiro atoms. The fraction of sp³-hybridized carbons (Fsp3) is 0.158. The van der Waals surface area contributed by atoms with E-state index >= 15 is 0 Å². The second kappa shape index (κ2) is 7.28. The van der Waals surface area contributed by atoms with Crippen molar-refractivity contribution in [2.45, 2.75) is 19.0 Å². The molecule has 1 aliphatic heterocycles. The third-order valence-corrected chi connectivity index (χ3v) is 4.63. The summed E-state index contributed by atoms with van der Waals surface area (Å²) in [7, 11) is 0. The average molecular weight is 405 g/mol. The monoisotopic (exact) mass is 405 g/mol. The maximum atomic E-state index is 13.1. The summed E-state index contributed by atoms with van der Waals surface area (Å²) in [4.78, 5) is 29.2. The SMILES string of the molecule is O=C(Cn1nc(-n2cncn2)ccc1=O)N1N=C(c2ccco2)CC1c1ccco1. The van der Waals surface area contributed by atoms with Crippen LogP contribution >= 0.6 is 0 Å². The predicted octanol–water partition coefficient (Wildman–Crippen LogP) is 1.39. The van der Waals surface area contributed by atoms with Crippen LogP contribution in [0.5, 0.6) is 0 Å². The topological polar surface area (TPSA) is 125 Å². The summed E-state index contributed by atoms with van der Waals surface area (Å²) in [6.45, 7) is -0.298. The number of furan rings is 2. The Bertz CT molecular complexity index is 1240. The molecule has 0 fully saturated rings. The zero-order valence-electron chi connectivity index (χ0n) is 15.5. The lowest BCUT2D eigenvalue weighted by Gasteiger charge is -2.20. The summed E-state index contributed by atoms with van der Waals surface area (Å²) < 4.78 is 13.4. The molecule has 0 aromatic carbocycles. The van der Waals surface area contributed by atoms with Gasteiger partial charge in [-0.25, -0.2) is 19.4 Å². The molecular weight excluding hydrogens is 390 g/mol. The summed E-state index contributed by atoms with van der Waals surface area (Å²) >= 11 is 0. The van der Waals surface area contributed by atoms with Crippen LogP contribution < -0.4 is 5.56 Å². The van der Waals surface area contributed by atoms with E-state index in [4.69, 9.17) is 8.83 Å². The van der Waals surface area contributed by atoms with Crippen molar-refractivity contribution in [1.29, 1.82) is 0 Å². The van der Waals surface area contributed by atoms with E-state index < -0.39 is 17.5 Å². The number of hydrazone groups is 1. The van der Waals surface area contributed by atoms with Crippen LogP contribution in [-0.2, 0) is 11.3 Å². The lowest BCUT2D eigenvalue weighted by molar-refractivity contribution is -0.134. The number of hydrogen-bond acceptors (Lipinski definition) is 8. The van der Waals surface area contributed by atoms with Crippen LogP contribution in [0.15, 0.2) is 80.3 Å². The van der Waals surface area contributed by atoms with E-state index in [1.807, 2.05) is 0 Å². The zero-order valence-corrected chi connectivity index (χ0v) is 15.5. The fourth-order valence-electron chi connectivity index (χ4n) is 3.24. The van der Waals surface area contributed by atoms with E-state index in [2.05, 4.69) is 20.3 Å². The number of nitrogens with zero attached hydrogens (tertiary/aromatic N) is 7. The van der Waals surface area contributed by atoms with E-state index in [1.165, 1.54) is 40.7 Å². The lowest BCUT2D eigenvalue weighted by Crippen LogP contribution is -2.35. The fourth-order valence-corrected chi connectivity index (χ4v) is 3.24. The molecule has 4 aromatic rings. The van der Waals surface area contributed by atoms with Crippen LogP contribution in [0.4, 0.5) is 0 Å². The van der Waals surface area contributed by atoms with Crippen LogP contribution in [0.2, 0.25) is 0 Å². The number of hydrogen-bond donors (Lipinski definition) is 0. The first kappa shape index (κ1) is 17.8. The molecule has 150 valence electrons. The number of rotatable bonds is 5. The molecule has 0 N–H and O–H groups in total. The molecule has 4 aromatic heterocycles. The molecule has 1 atom stereocenters. The molecule has 5 rings (SSSR count). The van der Waals surface area contributed by atoms with Gasteiger partial charge >= 0.3 is 0 Å². The van der Waals surface area contributed by atoms with Crippen molar-refractivity contribution in [3.05, 3.63) is 83.5 Å². The van der Waals surface area contributed by atoms with E-state index in [9.17, 15) is 9.59 Å². The molecule has 0 aliphatic carbocycles. The zero-order chi connectivity index (χ0) is 20.5. The Morgan fingerprint density at radius 3 is 2.73 bits per heavy atom. The minimum Gasteiger partial charge on any atom is -0.467 e. The van der Waals surface area contributed by atoms with Crippen molar-refractivity contribution >= 4 is 11.6 Å². The molecule has 1 aliphatic rings. The summed E-state index contributed by atoms with van der Waals surface area (Å²) in [5, 5.41) is 13.9. The van der Waals surface area contributed by atoms with Gasteiger partial charge in [0.2, 0.25) is 0 Å². The molecule has 1 unspecified atom stereocenters. The summed E-state index contributed by atoms with van der Waals surface area (Å²) in [5.74, 6) is 1.11. The van der Waals surface area contributed by atoms with Gasteiger partial charge in [0.05, 0.1) is 12.5 Å². The molecule has 30 heavy (non-hydrogen) atoms. The molecule has 1 amide bonds. The number of carbonyl (C=O) groups is 1. The highest BCUT2D eigenvalue weighted by Gasteiger charge is 2.36. The number of amides is 1. The molecule has 11 heteroatoms. The van der Waals surface area contributed by atoms with Crippen molar-refractivity contribution in [2.75, 3.05) is 0 Å². The Morgan fingerprint density at radius 2 is 2.00 bits per heavy atom. The first-order valence-electron chi connectivity index (χ1n) is 9.09. The summed E-state index contributed by atoms with van der Waals surface area (Å²) in [6, 6.07) is 9.44. The standard InChI is InChI=1S/C19H15N7O4/c27-18-6-5-17(25-12-20-11-21-25)23-24(18)10-19(28)26-14(16-4-2-8-30-16)9-13(22-26)15-3-1-7-29-15/h1-8,11-12,14H,9-10H2. The van der Waals surface area contributed by atoms with Gasteiger partial charge in [-0.2, -0.15) is 10.2 Å². The smallest absolute Gasteiger partial charge is 0.267 e. The Hall–Kier alpha value is -4.28. The Labute approximate surface area is 168 Å². The lowest BCUT2D eigenvalue weighted by atomic mass is 10.1. The highest BCUT2D eigenvalue weighted by Crippen LogP contribution is 2.33. The first-order chi connectivity index (χ1) is 14.7. The quantitative estimate of drug-likeness (QED) is 0.491. The highest BCUT2D eigenvalue weighted by molar-refractivity contribution is 6.01. The van der Waals surface area contributed by atoms with E-state index in [-0.39, 0.29) is 6.54 Å². The molecular formula is C19H15N7O4. The minimum atomic E-state index is -0.443. The molecule has 0 radical (unpaired) electrons. The first-order valence-corrected chi connectivity index (χ1v) is 9.09. The van der Waals surface area contributed by atoms with Gasteiger partial charge in [0.1, 0.15) is 42.5 Å². The Morgan fingerprint density at radius 1 is 1.13 bits per heavy atom. The maximum absolute atomic E-state index is 13.1. The number of aromatic nitrogens is 5. The maximum Gasteiger partial charge on any atom is 0.267 e. The Balaban J connectivity index is 1.45. The molecule has 0 saturated heterocycles. The third kappa shape index (κ3) is 3.21. The van der Waals surface area contributed by atoms with Crippen LogP contribution in [0.3, 0.4) is 0 Å². The van der Waals surface area contributed by atoms with Crippen molar-refractivity contribution in [3.8, 4) is 5.82 Å². The molecule has 0 saturated carbocycles. The minimum absolute atomic E-state index is 0.298. The van der Waals surface area contributed by atoms with Gasteiger partial charge < -0.3 is 8.83 Å². The second-order valence-electron chi connectivity index (χ2n) is 6.53. The van der Waals surface area contributed by atoms with Gasteiger partial charge in [-0.3, -0.25) is 9.59 Å². The van der Waals surface area contributed by atoms with E-state index in [1.54, 1.807) is 30.5 Å². The van der Waals surface area contributed by atoms with Gasteiger partial charge in [0, 0.05) is 12.5 Å². The largest absolute Gasteiger partial charge is 0.467 e. The van der Waals surface area contributed by atoms with Gasteiger partial charge in [-0.15, -0.1) is 5.10 Å². The number of carbonyl (C=O) groups excluding carboxylic acids is 1. The summed E-state index contributed by atoms with van der Waals surface area (Å²) in [6.07, 6.45) is 6.31. The van der Waals surface area contributed by atoms with Crippen molar-refractivity contribution in [3.63, 3.8) is 0 Å². The van der Waals surface area contributed by atoms with Crippen molar-refractivity contribution in [2.24, 2.45) is 5.10 Å². The van der Waals surface area contributed by atoms with Gasteiger partial charge in [-0.1, -0.05) is 0 Å². The van der Waals surface area contributed by atoms with Crippen LogP contribution in [0.25, 0.3) is 5.82 Å². The van der Waals surface area contributed by atoms with Crippen molar-refractivity contribution in [1.82, 2.24) is 29.6 Å². The summed E-state index contributed by atoms with van der Waals surface area (Å²) in [5.41, 5.74) is 0.197. The van der Waals surface area contributed by atoms with Crippen molar-refractivity contribution < 1.29 is 13.6 Å². The van der Waals surface area contributed by atoms with Gasteiger partial charge in [0.15, 0.2) is 5.82 Å². The second-order valence-corrected chi connectivity index (χ2v) is 6.53. The van der Waals surface area contributed by atoms with E-state index in [0.717, 1.165) is 4.68 Å². The molecule has 0 bridgehead atoms. The third-order valence-electron chi connectivity index (χ3n) is 4.63. The van der Waals surface area contributed by atoms with E-state index in [0.29, 0.717) is 29.5 Å². The molecule has 5 heterocycles.